The second kappa shape index (κ2) is 6.19. The molecule has 1 aromatic heterocycles. The van der Waals surface area contributed by atoms with Crippen LogP contribution in [-0.4, -0.2) is 16.9 Å². The third-order valence-electron chi connectivity index (χ3n) is 3.62. The Kier molecular flexibility index (Phi) is 4.11. The Labute approximate surface area is 131 Å². The Morgan fingerprint density at radius 3 is 2.59 bits per heavy atom. The molecule has 114 valence electrons. The summed E-state index contributed by atoms with van der Waals surface area (Å²) in [4.78, 5) is 25.9. The molecule has 0 unspecified atom stereocenters. The number of rotatable bonds is 2. The van der Waals surface area contributed by atoms with E-state index in [9.17, 15) is 14.7 Å². The highest BCUT2D eigenvalue weighted by atomic mass is 32.1. The van der Waals surface area contributed by atoms with Crippen molar-refractivity contribution in [2.24, 2.45) is 0 Å². The number of hydrogen-bond donors (Lipinski definition) is 3. The Balaban J connectivity index is 1.62. The zero-order chi connectivity index (χ0) is 15.5. The molecule has 1 aliphatic carbocycles. The number of benzene rings is 1. The molecule has 0 bridgehead atoms. The lowest BCUT2D eigenvalue weighted by molar-refractivity contribution is 0.0848. The van der Waals surface area contributed by atoms with Crippen molar-refractivity contribution in [3.05, 3.63) is 51.2 Å². The normalized spacial score (nSPS) is 13.3. The fourth-order valence-corrected chi connectivity index (χ4v) is 3.65. The summed E-state index contributed by atoms with van der Waals surface area (Å²) in [6, 6.07) is 7.86. The molecule has 1 aliphatic rings. The molecule has 1 heterocycles. The van der Waals surface area contributed by atoms with Crippen LogP contribution in [0.5, 0.6) is 5.75 Å². The van der Waals surface area contributed by atoms with Gasteiger partial charge < -0.3 is 5.11 Å². The van der Waals surface area contributed by atoms with E-state index in [1.54, 1.807) is 12.1 Å². The molecule has 2 amide bonds. The van der Waals surface area contributed by atoms with Gasteiger partial charge >= 0.3 is 0 Å². The number of carbonyl (C=O) groups is 2. The largest absolute Gasteiger partial charge is 0.508 e. The Morgan fingerprint density at radius 1 is 1.05 bits per heavy atom. The lowest BCUT2D eigenvalue weighted by atomic mass is 9.99. The number of hydrazine groups is 1. The molecule has 3 N–H and O–H groups in total. The fraction of sp³-hybridized carbons (Fsp3) is 0.250. The summed E-state index contributed by atoms with van der Waals surface area (Å²) in [5.74, 6) is -0.775. The van der Waals surface area contributed by atoms with Crippen molar-refractivity contribution in [1.82, 2.24) is 10.9 Å². The van der Waals surface area contributed by atoms with Gasteiger partial charge in [0.15, 0.2) is 0 Å². The van der Waals surface area contributed by atoms with Crippen LogP contribution in [0.1, 0.15) is 43.3 Å². The van der Waals surface area contributed by atoms with Crippen molar-refractivity contribution < 1.29 is 14.7 Å². The van der Waals surface area contributed by atoms with Crippen LogP contribution >= 0.6 is 11.3 Å². The van der Waals surface area contributed by atoms with Gasteiger partial charge in [-0.2, -0.15) is 0 Å². The first-order valence-corrected chi connectivity index (χ1v) is 7.96. The minimum Gasteiger partial charge on any atom is -0.508 e. The molecule has 1 aromatic carbocycles. The van der Waals surface area contributed by atoms with Crippen LogP contribution in [0.15, 0.2) is 30.3 Å². The lowest BCUT2D eigenvalue weighted by Gasteiger charge is -2.08. The monoisotopic (exact) mass is 316 g/mol. The van der Waals surface area contributed by atoms with Gasteiger partial charge in [0.25, 0.3) is 11.8 Å². The maximum atomic E-state index is 12.1. The number of nitrogens with one attached hydrogen (secondary N) is 2. The summed E-state index contributed by atoms with van der Waals surface area (Å²) >= 11 is 1.49. The van der Waals surface area contributed by atoms with E-state index >= 15 is 0 Å². The average molecular weight is 316 g/mol. The number of hydrogen-bond acceptors (Lipinski definition) is 4. The van der Waals surface area contributed by atoms with E-state index < -0.39 is 5.91 Å². The molecule has 0 saturated carbocycles. The first kappa shape index (κ1) is 14.6. The molecular weight excluding hydrogens is 300 g/mol. The first-order chi connectivity index (χ1) is 10.6. The number of aryl methyl sites for hydroxylation is 2. The Bertz CT molecular complexity index is 700. The summed E-state index contributed by atoms with van der Waals surface area (Å²) < 4.78 is 0. The van der Waals surface area contributed by atoms with E-state index in [-0.39, 0.29) is 17.2 Å². The third kappa shape index (κ3) is 3.12. The zero-order valence-corrected chi connectivity index (χ0v) is 12.7. The van der Waals surface area contributed by atoms with E-state index in [2.05, 4.69) is 10.9 Å². The van der Waals surface area contributed by atoms with Crippen LogP contribution in [-0.2, 0) is 12.8 Å². The van der Waals surface area contributed by atoms with E-state index in [1.807, 2.05) is 6.07 Å². The molecule has 0 atom stereocenters. The van der Waals surface area contributed by atoms with Crippen LogP contribution < -0.4 is 10.9 Å². The van der Waals surface area contributed by atoms with Gasteiger partial charge in [-0.05, 0) is 55.5 Å². The molecule has 22 heavy (non-hydrogen) atoms. The zero-order valence-electron chi connectivity index (χ0n) is 11.9. The number of fused-ring (bicyclic) bond motifs is 1. The van der Waals surface area contributed by atoms with E-state index in [4.69, 9.17) is 0 Å². The van der Waals surface area contributed by atoms with Gasteiger partial charge in [0.2, 0.25) is 0 Å². The maximum absolute atomic E-state index is 12.1. The smallest absolute Gasteiger partial charge is 0.279 e. The molecule has 0 aliphatic heterocycles. The van der Waals surface area contributed by atoms with E-state index in [0.717, 1.165) is 12.8 Å². The quantitative estimate of drug-likeness (QED) is 0.745. The first-order valence-electron chi connectivity index (χ1n) is 7.15. The number of thiophene rings is 1. The highest BCUT2D eigenvalue weighted by Gasteiger charge is 2.17. The topological polar surface area (TPSA) is 78.4 Å². The van der Waals surface area contributed by atoms with Crippen LogP contribution in [0.2, 0.25) is 0 Å². The van der Waals surface area contributed by atoms with Crippen LogP contribution in [0, 0.1) is 0 Å². The van der Waals surface area contributed by atoms with Crippen LogP contribution in [0.3, 0.4) is 0 Å². The highest BCUT2D eigenvalue weighted by Crippen LogP contribution is 2.29. The molecule has 0 spiro atoms. The van der Waals surface area contributed by atoms with Gasteiger partial charge in [-0.25, -0.2) is 0 Å². The second-order valence-corrected chi connectivity index (χ2v) is 6.36. The van der Waals surface area contributed by atoms with Gasteiger partial charge in [0.05, 0.1) is 4.88 Å². The van der Waals surface area contributed by atoms with Crippen LogP contribution in [0.25, 0.3) is 0 Å². The molecule has 0 radical (unpaired) electrons. The second-order valence-electron chi connectivity index (χ2n) is 5.22. The maximum Gasteiger partial charge on any atom is 0.279 e. The van der Waals surface area contributed by atoms with E-state index in [1.165, 1.54) is 46.8 Å². The number of aromatic hydroxyl groups is 1. The molecule has 2 aromatic rings. The lowest BCUT2D eigenvalue weighted by Crippen LogP contribution is -2.41. The SMILES string of the molecule is O=C(NNC(=O)c1cc2c(s1)CCCC2)c1cccc(O)c1. The number of amides is 2. The standard InChI is InChI=1S/C16H16N2O3S/c19-12-6-3-5-11(8-12)15(20)17-18-16(21)14-9-10-4-1-2-7-13(10)22-14/h3,5-6,8-9,19H,1-2,4,7H2,(H,17,20)(H,18,21). The summed E-state index contributed by atoms with van der Waals surface area (Å²) in [6.07, 6.45) is 4.39. The Morgan fingerprint density at radius 2 is 1.82 bits per heavy atom. The van der Waals surface area contributed by atoms with Crippen molar-refractivity contribution in [2.75, 3.05) is 0 Å². The summed E-state index contributed by atoms with van der Waals surface area (Å²) in [6.45, 7) is 0. The number of phenols is 1. The van der Waals surface area contributed by atoms with E-state index in [0.29, 0.717) is 4.88 Å². The minimum atomic E-state index is -0.467. The predicted molar refractivity (Wildman–Crippen MR) is 84.0 cm³/mol. The molecule has 0 saturated heterocycles. The third-order valence-corrected chi connectivity index (χ3v) is 4.85. The average Bonchev–Trinajstić information content (AvgIpc) is 2.96. The van der Waals surface area contributed by atoms with Crippen molar-refractivity contribution in [2.45, 2.75) is 25.7 Å². The fourth-order valence-electron chi connectivity index (χ4n) is 2.50. The van der Waals surface area contributed by atoms with Gasteiger partial charge in [-0.3, -0.25) is 20.4 Å². The summed E-state index contributed by atoms with van der Waals surface area (Å²) in [5, 5.41) is 9.35. The highest BCUT2D eigenvalue weighted by molar-refractivity contribution is 7.14. The van der Waals surface area contributed by atoms with Crippen molar-refractivity contribution in [3.8, 4) is 5.75 Å². The predicted octanol–water partition coefficient (Wildman–Crippen LogP) is 2.41. The van der Waals surface area contributed by atoms with Crippen molar-refractivity contribution >= 4 is 23.2 Å². The summed E-state index contributed by atoms with van der Waals surface area (Å²) in [7, 11) is 0. The molecule has 3 rings (SSSR count). The molecule has 0 fully saturated rings. The Hall–Kier alpha value is -2.34. The number of carbonyl (C=O) groups excluding carboxylic acids is 2. The van der Waals surface area contributed by atoms with Gasteiger partial charge in [-0.15, -0.1) is 11.3 Å². The molecule has 5 nitrogen and oxygen atoms in total. The minimum absolute atomic E-state index is 0.00454. The summed E-state index contributed by atoms with van der Waals surface area (Å²) in [5.41, 5.74) is 6.31. The number of phenolic OH excluding ortho intramolecular Hbond substituents is 1. The van der Waals surface area contributed by atoms with Gasteiger partial charge in [0, 0.05) is 10.4 Å². The molecular formula is C16H16N2O3S. The van der Waals surface area contributed by atoms with Crippen molar-refractivity contribution in [1.29, 1.82) is 0 Å². The van der Waals surface area contributed by atoms with Gasteiger partial charge in [0.1, 0.15) is 5.75 Å². The van der Waals surface area contributed by atoms with Crippen LogP contribution in [0.4, 0.5) is 0 Å². The van der Waals surface area contributed by atoms with Crippen molar-refractivity contribution in [3.63, 3.8) is 0 Å². The molecule has 6 heteroatoms. The van der Waals surface area contributed by atoms with Gasteiger partial charge in [-0.1, -0.05) is 6.07 Å².